The molecule has 1 aliphatic heterocycles. The van der Waals surface area contributed by atoms with Crippen LogP contribution in [-0.4, -0.2) is 30.8 Å². The van der Waals surface area contributed by atoms with Crippen LogP contribution in [0.2, 0.25) is 0 Å². The highest BCUT2D eigenvalue weighted by molar-refractivity contribution is 9.10. The molecule has 1 aliphatic rings. The van der Waals surface area contributed by atoms with Crippen LogP contribution in [0.15, 0.2) is 28.7 Å². The molecule has 0 aliphatic carbocycles. The molecule has 0 spiro atoms. The largest absolute Gasteiger partial charge is 0.465 e. The molecule has 2 rings (SSSR count). The maximum absolute atomic E-state index is 10.4. The van der Waals surface area contributed by atoms with Gasteiger partial charge in [-0.1, -0.05) is 22.0 Å². The third-order valence-electron chi connectivity index (χ3n) is 3.00. The number of hydrogen-bond donors (Lipinski definition) is 2. The van der Waals surface area contributed by atoms with Crippen molar-refractivity contribution in [3.05, 3.63) is 28.7 Å². The molecule has 1 heterocycles. The molecule has 92 valence electrons. The van der Waals surface area contributed by atoms with Gasteiger partial charge in [0, 0.05) is 29.8 Å². The molecule has 0 radical (unpaired) electrons. The van der Waals surface area contributed by atoms with Crippen LogP contribution in [0.5, 0.6) is 0 Å². The third kappa shape index (κ3) is 3.36. The molecular formula is C12H15BrN2O2. The number of rotatable bonds is 3. The van der Waals surface area contributed by atoms with Crippen LogP contribution in [0.25, 0.3) is 0 Å². The Morgan fingerprint density at radius 1 is 1.59 bits per heavy atom. The summed E-state index contributed by atoms with van der Waals surface area (Å²) in [5, 5.41) is 11.0. The SMILES string of the molecule is O=C(O)NCC1CCN(c2cccc(Br)c2)C1. The number of carbonyl (C=O) groups is 1. The number of amides is 1. The molecular weight excluding hydrogens is 284 g/mol. The molecule has 1 aromatic rings. The van der Waals surface area contributed by atoms with Gasteiger partial charge < -0.3 is 15.3 Å². The highest BCUT2D eigenvalue weighted by Gasteiger charge is 2.22. The lowest BCUT2D eigenvalue weighted by atomic mass is 10.1. The van der Waals surface area contributed by atoms with E-state index in [1.807, 2.05) is 12.1 Å². The van der Waals surface area contributed by atoms with E-state index < -0.39 is 6.09 Å². The van der Waals surface area contributed by atoms with E-state index in [0.717, 1.165) is 24.0 Å². The Morgan fingerprint density at radius 2 is 2.41 bits per heavy atom. The minimum Gasteiger partial charge on any atom is -0.465 e. The van der Waals surface area contributed by atoms with Gasteiger partial charge in [-0.15, -0.1) is 0 Å². The van der Waals surface area contributed by atoms with Crippen LogP contribution < -0.4 is 10.2 Å². The number of hydrogen-bond acceptors (Lipinski definition) is 2. The fraction of sp³-hybridized carbons (Fsp3) is 0.417. The van der Waals surface area contributed by atoms with Crippen LogP contribution in [0.1, 0.15) is 6.42 Å². The van der Waals surface area contributed by atoms with E-state index in [1.54, 1.807) is 0 Å². The van der Waals surface area contributed by atoms with Gasteiger partial charge in [0.05, 0.1) is 0 Å². The summed E-state index contributed by atoms with van der Waals surface area (Å²) in [5.41, 5.74) is 1.19. The number of nitrogens with zero attached hydrogens (tertiary/aromatic N) is 1. The predicted octanol–water partition coefficient (Wildman–Crippen LogP) is 2.54. The van der Waals surface area contributed by atoms with Gasteiger partial charge in [0.25, 0.3) is 0 Å². The molecule has 1 saturated heterocycles. The van der Waals surface area contributed by atoms with Gasteiger partial charge in [0.15, 0.2) is 0 Å². The smallest absolute Gasteiger partial charge is 0.404 e. The zero-order valence-electron chi connectivity index (χ0n) is 9.40. The third-order valence-corrected chi connectivity index (χ3v) is 3.49. The van der Waals surface area contributed by atoms with Gasteiger partial charge in [-0.05, 0) is 30.5 Å². The van der Waals surface area contributed by atoms with Gasteiger partial charge in [0.1, 0.15) is 0 Å². The van der Waals surface area contributed by atoms with E-state index in [1.165, 1.54) is 5.69 Å². The second-order valence-electron chi connectivity index (χ2n) is 4.27. The van der Waals surface area contributed by atoms with Gasteiger partial charge in [-0.2, -0.15) is 0 Å². The van der Waals surface area contributed by atoms with Crippen molar-refractivity contribution in [2.45, 2.75) is 6.42 Å². The molecule has 0 aromatic heterocycles. The molecule has 0 saturated carbocycles. The lowest BCUT2D eigenvalue weighted by molar-refractivity contribution is 0.192. The van der Waals surface area contributed by atoms with Crippen LogP contribution in [0.3, 0.4) is 0 Å². The summed E-state index contributed by atoms with van der Waals surface area (Å²) in [6, 6.07) is 8.19. The molecule has 1 atom stereocenters. The van der Waals surface area contributed by atoms with E-state index in [4.69, 9.17) is 5.11 Å². The summed E-state index contributed by atoms with van der Waals surface area (Å²) in [5.74, 6) is 0.407. The Kier molecular flexibility index (Phi) is 3.89. The first kappa shape index (κ1) is 12.2. The maximum atomic E-state index is 10.4. The molecule has 1 unspecified atom stereocenters. The van der Waals surface area contributed by atoms with Gasteiger partial charge in [-0.25, -0.2) is 4.79 Å². The van der Waals surface area contributed by atoms with Gasteiger partial charge in [0.2, 0.25) is 0 Å². The zero-order valence-corrected chi connectivity index (χ0v) is 11.0. The monoisotopic (exact) mass is 298 g/mol. The topological polar surface area (TPSA) is 52.6 Å². The van der Waals surface area contributed by atoms with Crippen molar-refractivity contribution in [1.29, 1.82) is 0 Å². The summed E-state index contributed by atoms with van der Waals surface area (Å²) in [6.45, 7) is 2.44. The summed E-state index contributed by atoms with van der Waals surface area (Å²) in [7, 11) is 0. The lowest BCUT2D eigenvalue weighted by Gasteiger charge is -2.18. The summed E-state index contributed by atoms with van der Waals surface area (Å²) < 4.78 is 1.07. The highest BCUT2D eigenvalue weighted by atomic mass is 79.9. The van der Waals surface area contributed by atoms with E-state index in [0.29, 0.717) is 12.5 Å². The average Bonchev–Trinajstić information content (AvgIpc) is 2.75. The fourth-order valence-electron chi connectivity index (χ4n) is 2.14. The molecule has 5 heteroatoms. The molecule has 1 fully saturated rings. The van der Waals surface area contributed by atoms with Crippen molar-refractivity contribution in [3.8, 4) is 0 Å². The molecule has 17 heavy (non-hydrogen) atoms. The second-order valence-corrected chi connectivity index (χ2v) is 5.18. The Bertz CT molecular complexity index is 411. The van der Waals surface area contributed by atoms with Crippen molar-refractivity contribution < 1.29 is 9.90 Å². The summed E-state index contributed by atoms with van der Waals surface area (Å²) in [4.78, 5) is 12.7. The Balaban J connectivity index is 1.91. The number of halogens is 1. The van der Waals surface area contributed by atoms with E-state index in [-0.39, 0.29) is 0 Å². The van der Waals surface area contributed by atoms with Gasteiger partial charge in [-0.3, -0.25) is 0 Å². The first-order chi connectivity index (χ1) is 8.15. The van der Waals surface area contributed by atoms with E-state index in [9.17, 15) is 4.79 Å². The highest BCUT2D eigenvalue weighted by Crippen LogP contribution is 2.25. The predicted molar refractivity (Wildman–Crippen MR) is 70.5 cm³/mol. The molecule has 1 aromatic carbocycles. The lowest BCUT2D eigenvalue weighted by Crippen LogP contribution is -2.29. The summed E-state index contributed by atoms with van der Waals surface area (Å²) >= 11 is 3.46. The number of carboxylic acid groups (broad SMARTS) is 1. The van der Waals surface area contributed by atoms with E-state index in [2.05, 4.69) is 38.3 Å². The minimum absolute atomic E-state index is 0.407. The number of nitrogens with one attached hydrogen (secondary N) is 1. The minimum atomic E-state index is -0.939. The Hall–Kier alpha value is -1.23. The van der Waals surface area contributed by atoms with Crippen LogP contribution in [-0.2, 0) is 0 Å². The fourth-order valence-corrected chi connectivity index (χ4v) is 2.53. The van der Waals surface area contributed by atoms with Gasteiger partial charge >= 0.3 is 6.09 Å². The molecule has 2 N–H and O–H groups in total. The average molecular weight is 299 g/mol. The van der Waals surface area contributed by atoms with Crippen LogP contribution in [0.4, 0.5) is 10.5 Å². The van der Waals surface area contributed by atoms with Crippen LogP contribution >= 0.6 is 15.9 Å². The standard InChI is InChI=1S/C12H15BrN2O2/c13-10-2-1-3-11(6-10)15-5-4-9(8-15)7-14-12(16)17/h1-3,6,9,14H,4-5,7-8H2,(H,16,17). The van der Waals surface area contributed by atoms with Crippen LogP contribution in [0, 0.1) is 5.92 Å². The first-order valence-corrected chi connectivity index (χ1v) is 6.42. The second kappa shape index (κ2) is 5.40. The normalized spacial score (nSPS) is 19.4. The van der Waals surface area contributed by atoms with Crippen molar-refractivity contribution in [2.24, 2.45) is 5.92 Å². The van der Waals surface area contributed by atoms with Crippen molar-refractivity contribution >= 4 is 27.7 Å². The number of anilines is 1. The maximum Gasteiger partial charge on any atom is 0.404 e. The summed E-state index contributed by atoms with van der Waals surface area (Å²) in [6.07, 6.45) is 0.0955. The zero-order chi connectivity index (χ0) is 12.3. The molecule has 0 bridgehead atoms. The van der Waals surface area contributed by atoms with Crippen molar-refractivity contribution in [3.63, 3.8) is 0 Å². The molecule has 4 nitrogen and oxygen atoms in total. The van der Waals surface area contributed by atoms with Crippen molar-refractivity contribution in [1.82, 2.24) is 5.32 Å². The quantitative estimate of drug-likeness (QED) is 0.902. The first-order valence-electron chi connectivity index (χ1n) is 5.62. The Morgan fingerprint density at radius 3 is 3.12 bits per heavy atom. The van der Waals surface area contributed by atoms with Crippen molar-refractivity contribution in [2.75, 3.05) is 24.5 Å². The molecule has 1 amide bonds. The Labute approximate surface area is 109 Å². The number of benzene rings is 1. The van der Waals surface area contributed by atoms with E-state index >= 15 is 0 Å².